The molecule has 0 saturated carbocycles. The maximum absolute atomic E-state index is 12.3. The Balaban J connectivity index is 1.37. The second-order valence-corrected chi connectivity index (χ2v) is 8.87. The highest BCUT2D eigenvalue weighted by atomic mass is 16.6. The molecule has 1 aromatic rings. The van der Waals surface area contributed by atoms with E-state index in [-0.39, 0.29) is 17.9 Å². The number of imide groups is 1. The predicted molar refractivity (Wildman–Crippen MR) is 123 cm³/mol. The summed E-state index contributed by atoms with van der Waals surface area (Å²) >= 11 is 0. The monoisotopic (exact) mass is 447 g/mol. The Morgan fingerprint density at radius 1 is 0.875 bits per heavy atom. The van der Waals surface area contributed by atoms with Crippen LogP contribution in [-0.2, 0) is 9.47 Å². The van der Waals surface area contributed by atoms with E-state index in [4.69, 9.17) is 9.47 Å². The van der Waals surface area contributed by atoms with E-state index < -0.39 is 5.60 Å². The number of hydrogen-bond acceptors (Lipinski definition) is 6. The lowest BCUT2D eigenvalue weighted by atomic mass is 10.1. The van der Waals surface area contributed by atoms with Crippen LogP contribution in [-0.4, -0.2) is 67.8 Å². The smallest absolute Gasteiger partial charge is 0.407 e. The molecule has 0 fully saturated rings. The first-order valence-corrected chi connectivity index (χ1v) is 11.5. The van der Waals surface area contributed by atoms with Gasteiger partial charge in [-0.3, -0.25) is 14.5 Å². The second-order valence-electron chi connectivity index (χ2n) is 8.87. The number of alkyl carbamates (subject to hydrolysis) is 1. The van der Waals surface area contributed by atoms with Gasteiger partial charge >= 0.3 is 6.09 Å². The average Bonchev–Trinajstić information content (AvgIpc) is 2.97. The van der Waals surface area contributed by atoms with E-state index in [1.54, 1.807) is 24.3 Å². The third kappa shape index (κ3) is 8.96. The Morgan fingerprint density at radius 3 is 2.19 bits per heavy atom. The summed E-state index contributed by atoms with van der Waals surface area (Å²) in [6.45, 7) is 9.49. The van der Waals surface area contributed by atoms with Crippen molar-refractivity contribution in [2.75, 3.05) is 39.4 Å². The predicted octanol–water partition coefficient (Wildman–Crippen LogP) is 3.36. The number of nitrogens with one attached hydrogen (secondary N) is 2. The minimum absolute atomic E-state index is 0.179. The van der Waals surface area contributed by atoms with Gasteiger partial charge in [-0.25, -0.2) is 4.79 Å². The Morgan fingerprint density at radius 2 is 1.53 bits per heavy atom. The van der Waals surface area contributed by atoms with Crippen molar-refractivity contribution in [3.05, 3.63) is 35.4 Å². The highest BCUT2D eigenvalue weighted by Crippen LogP contribution is 2.22. The number of carbonyl (C=O) groups is 3. The van der Waals surface area contributed by atoms with Crippen molar-refractivity contribution < 1.29 is 23.9 Å². The Kier molecular flexibility index (Phi) is 10.6. The number of rotatable bonds is 14. The number of nitrogens with zero attached hydrogens (tertiary/aromatic N) is 1. The lowest BCUT2D eigenvalue weighted by Gasteiger charge is -2.19. The topological polar surface area (TPSA) is 97.0 Å². The fourth-order valence-corrected chi connectivity index (χ4v) is 3.36. The average molecular weight is 448 g/mol. The van der Waals surface area contributed by atoms with Crippen LogP contribution < -0.4 is 10.6 Å². The van der Waals surface area contributed by atoms with Crippen LogP contribution in [0.1, 0.15) is 73.6 Å². The van der Waals surface area contributed by atoms with Crippen LogP contribution in [0.5, 0.6) is 0 Å². The molecule has 8 heteroatoms. The summed E-state index contributed by atoms with van der Waals surface area (Å²) < 4.78 is 10.8. The minimum Gasteiger partial charge on any atom is -0.444 e. The zero-order chi connectivity index (χ0) is 23.4. The second kappa shape index (κ2) is 13.2. The van der Waals surface area contributed by atoms with Crippen molar-refractivity contribution in [1.82, 2.24) is 15.5 Å². The largest absolute Gasteiger partial charge is 0.444 e. The van der Waals surface area contributed by atoms with E-state index in [1.165, 1.54) is 4.90 Å². The van der Waals surface area contributed by atoms with Gasteiger partial charge in [0.2, 0.25) is 0 Å². The van der Waals surface area contributed by atoms with Crippen molar-refractivity contribution >= 4 is 17.9 Å². The number of unbranched alkanes of at least 4 members (excludes halogenated alkanes) is 3. The Labute approximate surface area is 191 Å². The molecule has 8 nitrogen and oxygen atoms in total. The molecule has 3 amide bonds. The standard InChI is InChI=1S/C24H37N3O5/c1-24(2,3)32-23(30)26-14-10-13-25-15-18-31-17-9-5-4-8-16-27-21(28)19-11-6-7-12-20(19)22(27)29/h6-7,11-12,25H,4-5,8-10,13-18H2,1-3H3,(H,26,30). The number of ether oxygens (including phenoxy) is 2. The van der Waals surface area contributed by atoms with E-state index >= 15 is 0 Å². The van der Waals surface area contributed by atoms with E-state index in [0.29, 0.717) is 37.4 Å². The maximum atomic E-state index is 12.3. The first-order valence-electron chi connectivity index (χ1n) is 11.5. The SMILES string of the molecule is CC(C)(C)OC(=O)NCCCNCCOCCCCCCN1C(=O)c2ccccc2C1=O. The molecule has 0 bridgehead atoms. The molecular weight excluding hydrogens is 410 g/mol. The van der Waals surface area contributed by atoms with Gasteiger partial charge in [-0.2, -0.15) is 0 Å². The molecule has 0 unspecified atom stereocenters. The number of amides is 3. The molecule has 32 heavy (non-hydrogen) atoms. The first kappa shape index (κ1) is 25.8. The third-order valence-electron chi connectivity index (χ3n) is 4.92. The zero-order valence-corrected chi connectivity index (χ0v) is 19.6. The van der Waals surface area contributed by atoms with Crippen LogP contribution in [0.3, 0.4) is 0 Å². The van der Waals surface area contributed by atoms with Crippen molar-refractivity contribution in [2.24, 2.45) is 0 Å². The molecule has 0 aromatic heterocycles. The van der Waals surface area contributed by atoms with Gasteiger partial charge in [-0.15, -0.1) is 0 Å². The molecule has 2 rings (SSSR count). The van der Waals surface area contributed by atoms with Crippen molar-refractivity contribution in [2.45, 2.75) is 58.5 Å². The van der Waals surface area contributed by atoms with Gasteiger partial charge in [0.1, 0.15) is 5.60 Å². The number of carbonyl (C=O) groups excluding carboxylic acids is 3. The highest BCUT2D eigenvalue weighted by Gasteiger charge is 2.34. The Hall–Kier alpha value is -2.45. The number of hydrogen-bond donors (Lipinski definition) is 2. The molecule has 0 spiro atoms. The molecule has 178 valence electrons. The number of fused-ring (bicyclic) bond motifs is 1. The zero-order valence-electron chi connectivity index (χ0n) is 19.6. The van der Waals surface area contributed by atoms with Crippen LogP contribution in [0, 0.1) is 0 Å². The van der Waals surface area contributed by atoms with Crippen molar-refractivity contribution in [3.63, 3.8) is 0 Å². The molecule has 0 saturated heterocycles. The summed E-state index contributed by atoms with van der Waals surface area (Å²) in [6.07, 6.45) is 4.18. The molecule has 0 atom stereocenters. The molecule has 0 aliphatic carbocycles. The maximum Gasteiger partial charge on any atom is 0.407 e. The van der Waals surface area contributed by atoms with Gasteiger partial charge < -0.3 is 20.1 Å². The van der Waals surface area contributed by atoms with Crippen LogP contribution in [0.2, 0.25) is 0 Å². The summed E-state index contributed by atoms with van der Waals surface area (Å²) in [4.78, 5) is 37.4. The lowest BCUT2D eigenvalue weighted by Crippen LogP contribution is -2.34. The van der Waals surface area contributed by atoms with E-state index in [2.05, 4.69) is 10.6 Å². The van der Waals surface area contributed by atoms with E-state index in [1.807, 2.05) is 20.8 Å². The summed E-state index contributed by atoms with van der Waals surface area (Å²) in [5, 5.41) is 6.01. The third-order valence-corrected chi connectivity index (χ3v) is 4.92. The molecule has 1 aliphatic rings. The van der Waals surface area contributed by atoms with Gasteiger partial charge in [0.25, 0.3) is 11.8 Å². The number of benzene rings is 1. The summed E-state index contributed by atoms with van der Waals surface area (Å²) in [7, 11) is 0. The van der Waals surface area contributed by atoms with Gasteiger partial charge in [-0.05, 0) is 58.7 Å². The normalized spacial score (nSPS) is 13.4. The minimum atomic E-state index is -0.474. The molecule has 1 aromatic carbocycles. The van der Waals surface area contributed by atoms with Crippen molar-refractivity contribution in [1.29, 1.82) is 0 Å². The summed E-state index contributed by atoms with van der Waals surface area (Å²) in [5.74, 6) is -0.357. The molecule has 2 N–H and O–H groups in total. The van der Waals surface area contributed by atoms with Gasteiger partial charge in [0.05, 0.1) is 17.7 Å². The molecule has 0 radical (unpaired) electrons. The van der Waals surface area contributed by atoms with Crippen LogP contribution >= 0.6 is 0 Å². The fourth-order valence-electron chi connectivity index (χ4n) is 3.36. The van der Waals surface area contributed by atoms with Gasteiger partial charge in [-0.1, -0.05) is 25.0 Å². The first-order chi connectivity index (χ1) is 15.3. The van der Waals surface area contributed by atoms with Crippen LogP contribution in [0.25, 0.3) is 0 Å². The highest BCUT2D eigenvalue weighted by molar-refractivity contribution is 6.21. The van der Waals surface area contributed by atoms with Crippen LogP contribution in [0.15, 0.2) is 24.3 Å². The quantitative estimate of drug-likeness (QED) is 0.335. The van der Waals surface area contributed by atoms with Crippen LogP contribution in [0.4, 0.5) is 4.79 Å². The lowest BCUT2D eigenvalue weighted by molar-refractivity contribution is 0.0526. The van der Waals surface area contributed by atoms with E-state index in [9.17, 15) is 14.4 Å². The fraction of sp³-hybridized carbons (Fsp3) is 0.625. The Bertz CT molecular complexity index is 725. The van der Waals surface area contributed by atoms with Crippen molar-refractivity contribution in [3.8, 4) is 0 Å². The molecule has 1 heterocycles. The van der Waals surface area contributed by atoms with Gasteiger partial charge in [0, 0.05) is 26.2 Å². The van der Waals surface area contributed by atoms with E-state index in [0.717, 1.165) is 45.2 Å². The summed E-state index contributed by atoms with van der Waals surface area (Å²) in [6, 6.07) is 6.99. The molecular formula is C24H37N3O5. The molecule has 1 aliphatic heterocycles. The van der Waals surface area contributed by atoms with Gasteiger partial charge in [0.15, 0.2) is 0 Å². The summed E-state index contributed by atoms with van der Waals surface area (Å²) in [5.41, 5.74) is 0.552.